The van der Waals surface area contributed by atoms with Gasteiger partial charge in [-0.1, -0.05) is 45.2 Å². The number of benzene rings is 2. The molecular formula is C14H11BrCl2N2O2. The van der Waals surface area contributed by atoms with Gasteiger partial charge in [0.05, 0.1) is 10.0 Å². The number of ether oxygens (including phenoxy) is 1. The molecule has 0 aliphatic carbocycles. The first-order valence-corrected chi connectivity index (χ1v) is 7.43. The van der Waals surface area contributed by atoms with E-state index in [1.165, 1.54) is 0 Å². The van der Waals surface area contributed by atoms with Gasteiger partial charge in [-0.15, -0.1) is 0 Å². The number of carbonyl (C=O) groups is 1. The van der Waals surface area contributed by atoms with E-state index in [-0.39, 0.29) is 5.91 Å². The van der Waals surface area contributed by atoms with Gasteiger partial charge in [0.25, 0.3) is 5.91 Å². The first kappa shape index (κ1) is 16.1. The van der Waals surface area contributed by atoms with Gasteiger partial charge in [-0.2, -0.15) is 0 Å². The van der Waals surface area contributed by atoms with Gasteiger partial charge in [-0.05, 0) is 24.3 Å². The molecule has 0 bridgehead atoms. The van der Waals surface area contributed by atoms with Crippen LogP contribution < -0.4 is 16.0 Å². The van der Waals surface area contributed by atoms with Gasteiger partial charge in [-0.25, -0.2) is 5.84 Å². The lowest BCUT2D eigenvalue weighted by atomic mass is 10.1. The zero-order chi connectivity index (χ0) is 15.4. The molecule has 0 unspecified atom stereocenters. The van der Waals surface area contributed by atoms with Crippen LogP contribution in [0.1, 0.15) is 15.9 Å². The summed E-state index contributed by atoms with van der Waals surface area (Å²) in [5.41, 5.74) is 3.42. The van der Waals surface area contributed by atoms with Gasteiger partial charge in [-0.3, -0.25) is 10.2 Å². The summed E-state index contributed by atoms with van der Waals surface area (Å²) < 4.78 is 6.39. The molecule has 0 saturated carbocycles. The van der Waals surface area contributed by atoms with E-state index in [1.54, 1.807) is 36.4 Å². The average Bonchev–Trinajstić information content (AvgIpc) is 2.48. The highest BCUT2D eigenvalue weighted by molar-refractivity contribution is 9.10. The van der Waals surface area contributed by atoms with Gasteiger partial charge in [0, 0.05) is 21.7 Å². The number of nitrogen functional groups attached to an aromatic ring is 1. The molecule has 0 saturated heterocycles. The fourth-order valence-electron chi connectivity index (χ4n) is 1.62. The molecule has 0 aliphatic heterocycles. The van der Waals surface area contributed by atoms with Crippen molar-refractivity contribution in [2.24, 2.45) is 5.84 Å². The standard InChI is InChI=1S/C14H11BrCl2N2O2/c15-11-5-8(14(20)19-18)1-2-9(11)7-21-10-3-4-12(16)13(17)6-10/h1-6H,7,18H2,(H,19,20). The normalized spacial score (nSPS) is 10.3. The number of hydrazine groups is 1. The van der Waals surface area contributed by atoms with E-state index < -0.39 is 0 Å². The summed E-state index contributed by atoms with van der Waals surface area (Å²) in [6.07, 6.45) is 0. The molecule has 2 aromatic carbocycles. The quantitative estimate of drug-likeness (QED) is 0.473. The largest absolute Gasteiger partial charge is 0.489 e. The van der Waals surface area contributed by atoms with Crippen LogP contribution in [0.5, 0.6) is 5.75 Å². The number of hydrogen-bond donors (Lipinski definition) is 2. The first-order valence-electron chi connectivity index (χ1n) is 5.88. The van der Waals surface area contributed by atoms with E-state index in [0.29, 0.717) is 28.0 Å². The molecule has 0 fully saturated rings. The van der Waals surface area contributed by atoms with Crippen LogP contribution in [-0.2, 0) is 6.61 Å². The van der Waals surface area contributed by atoms with Crippen molar-refractivity contribution < 1.29 is 9.53 Å². The van der Waals surface area contributed by atoms with E-state index in [2.05, 4.69) is 21.4 Å². The summed E-state index contributed by atoms with van der Waals surface area (Å²) in [6, 6.07) is 10.2. The second kappa shape index (κ2) is 7.13. The van der Waals surface area contributed by atoms with E-state index in [0.717, 1.165) is 10.0 Å². The lowest BCUT2D eigenvalue weighted by molar-refractivity contribution is 0.0953. The number of rotatable bonds is 4. The van der Waals surface area contributed by atoms with Crippen molar-refractivity contribution in [3.05, 3.63) is 62.0 Å². The molecule has 0 aromatic heterocycles. The predicted molar refractivity (Wildman–Crippen MR) is 86.6 cm³/mol. The molecule has 0 spiro atoms. The number of nitrogens with two attached hydrogens (primary N) is 1. The van der Waals surface area contributed by atoms with Crippen LogP contribution >= 0.6 is 39.1 Å². The van der Waals surface area contributed by atoms with Gasteiger partial charge in [0.1, 0.15) is 12.4 Å². The maximum Gasteiger partial charge on any atom is 0.265 e. The Morgan fingerprint density at radius 3 is 2.57 bits per heavy atom. The maximum absolute atomic E-state index is 11.4. The number of nitrogens with one attached hydrogen (secondary N) is 1. The van der Waals surface area contributed by atoms with Crippen LogP contribution in [0.4, 0.5) is 0 Å². The molecular weight excluding hydrogens is 379 g/mol. The Kier molecular flexibility index (Phi) is 5.47. The van der Waals surface area contributed by atoms with E-state index in [1.807, 2.05) is 0 Å². The van der Waals surface area contributed by atoms with E-state index in [9.17, 15) is 4.79 Å². The van der Waals surface area contributed by atoms with Gasteiger partial charge < -0.3 is 4.74 Å². The molecule has 3 N–H and O–H groups in total. The third-order valence-corrected chi connectivity index (χ3v) is 4.21. The minimum atomic E-state index is -0.354. The Labute approximate surface area is 140 Å². The molecule has 21 heavy (non-hydrogen) atoms. The molecule has 0 aliphatic rings. The van der Waals surface area contributed by atoms with Crippen LogP contribution in [0.15, 0.2) is 40.9 Å². The molecule has 2 aromatic rings. The van der Waals surface area contributed by atoms with Gasteiger partial charge in [0.2, 0.25) is 0 Å². The number of hydrogen-bond acceptors (Lipinski definition) is 3. The van der Waals surface area contributed by atoms with E-state index in [4.69, 9.17) is 33.8 Å². The molecule has 0 atom stereocenters. The third-order valence-electron chi connectivity index (χ3n) is 2.73. The lowest BCUT2D eigenvalue weighted by Crippen LogP contribution is -2.29. The monoisotopic (exact) mass is 388 g/mol. The van der Waals surface area contributed by atoms with Crippen LogP contribution in [0.3, 0.4) is 0 Å². The third kappa shape index (κ3) is 4.11. The Morgan fingerprint density at radius 1 is 1.19 bits per heavy atom. The highest BCUT2D eigenvalue weighted by atomic mass is 79.9. The van der Waals surface area contributed by atoms with Crippen molar-refractivity contribution in [3.63, 3.8) is 0 Å². The van der Waals surface area contributed by atoms with Crippen LogP contribution in [-0.4, -0.2) is 5.91 Å². The molecule has 4 nitrogen and oxygen atoms in total. The lowest BCUT2D eigenvalue weighted by Gasteiger charge is -2.10. The Hall–Kier alpha value is -1.27. The highest BCUT2D eigenvalue weighted by Crippen LogP contribution is 2.27. The van der Waals surface area contributed by atoms with Crippen molar-refractivity contribution in [3.8, 4) is 5.75 Å². The highest BCUT2D eigenvalue weighted by Gasteiger charge is 2.08. The molecule has 110 valence electrons. The molecule has 2 rings (SSSR count). The fourth-order valence-corrected chi connectivity index (χ4v) is 2.40. The van der Waals surface area contributed by atoms with Crippen molar-refractivity contribution in [2.75, 3.05) is 0 Å². The summed E-state index contributed by atoms with van der Waals surface area (Å²) in [5.74, 6) is 5.35. The molecule has 0 radical (unpaired) electrons. The van der Waals surface area contributed by atoms with Gasteiger partial charge in [0.15, 0.2) is 0 Å². The minimum Gasteiger partial charge on any atom is -0.489 e. The second-order valence-electron chi connectivity index (χ2n) is 4.14. The average molecular weight is 390 g/mol. The zero-order valence-corrected chi connectivity index (χ0v) is 13.8. The number of carbonyl (C=O) groups excluding carboxylic acids is 1. The summed E-state index contributed by atoms with van der Waals surface area (Å²) in [6.45, 7) is 0.322. The summed E-state index contributed by atoms with van der Waals surface area (Å²) in [5, 5.41) is 0.908. The Morgan fingerprint density at radius 2 is 1.95 bits per heavy atom. The van der Waals surface area contributed by atoms with Crippen LogP contribution in [0.25, 0.3) is 0 Å². The fraction of sp³-hybridized carbons (Fsp3) is 0.0714. The molecule has 7 heteroatoms. The first-order chi connectivity index (χ1) is 10.0. The van der Waals surface area contributed by atoms with Crippen molar-refractivity contribution in [2.45, 2.75) is 6.61 Å². The molecule has 1 amide bonds. The zero-order valence-electron chi connectivity index (χ0n) is 10.7. The Balaban J connectivity index is 2.09. The van der Waals surface area contributed by atoms with Crippen molar-refractivity contribution in [1.29, 1.82) is 0 Å². The number of halogens is 3. The van der Waals surface area contributed by atoms with Crippen molar-refractivity contribution in [1.82, 2.24) is 5.43 Å². The van der Waals surface area contributed by atoms with Crippen LogP contribution in [0.2, 0.25) is 10.0 Å². The Bertz CT molecular complexity index is 680. The smallest absolute Gasteiger partial charge is 0.265 e. The minimum absolute atomic E-state index is 0.322. The summed E-state index contributed by atoms with van der Waals surface area (Å²) in [7, 11) is 0. The maximum atomic E-state index is 11.4. The molecule has 0 heterocycles. The predicted octanol–water partition coefficient (Wildman–Crippen LogP) is 3.94. The van der Waals surface area contributed by atoms with Crippen molar-refractivity contribution >= 4 is 45.0 Å². The van der Waals surface area contributed by atoms with Crippen LogP contribution in [0, 0.1) is 0 Å². The van der Waals surface area contributed by atoms with Gasteiger partial charge >= 0.3 is 0 Å². The number of amides is 1. The van der Waals surface area contributed by atoms with E-state index >= 15 is 0 Å². The topological polar surface area (TPSA) is 64.3 Å². The SMILES string of the molecule is NNC(=O)c1ccc(COc2ccc(Cl)c(Cl)c2)c(Br)c1. The second-order valence-corrected chi connectivity index (χ2v) is 5.81. The summed E-state index contributed by atoms with van der Waals surface area (Å²) >= 11 is 15.2. The summed E-state index contributed by atoms with van der Waals surface area (Å²) in [4.78, 5) is 11.4.